The van der Waals surface area contributed by atoms with Crippen LogP contribution in [0.3, 0.4) is 0 Å². The number of rotatable bonds is 10. The number of ether oxygens (including phenoxy) is 2. The smallest absolute Gasteiger partial charge is 0.306 e. The number of hydrogen-bond acceptors (Lipinski definition) is 5. The second-order valence-electron chi connectivity index (χ2n) is 8.39. The topological polar surface area (TPSA) is 83.7 Å². The first-order valence-electron chi connectivity index (χ1n) is 11.5. The number of nitrogens with zero attached hydrogens (tertiary/aromatic N) is 1. The lowest BCUT2D eigenvalue weighted by atomic mass is 10.1. The van der Waals surface area contributed by atoms with E-state index in [2.05, 4.69) is 33.4 Å². The van der Waals surface area contributed by atoms with Gasteiger partial charge >= 0.3 is 5.97 Å². The average Bonchev–Trinajstić information content (AvgIpc) is 3.25. The fourth-order valence-electron chi connectivity index (χ4n) is 4.15. The van der Waals surface area contributed by atoms with Gasteiger partial charge in [-0.1, -0.05) is 48.5 Å². The highest BCUT2D eigenvalue weighted by Crippen LogP contribution is 2.19. The summed E-state index contributed by atoms with van der Waals surface area (Å²) in [7, 11) is 0. The molecular weight excluding hydrogens is 418 g/mol. The first kappa shape index (κ1) is 23.0. The molecular formula is C26H31N3O4. The van der Waals surface area contributed by atoms with Crippen LogP contribution >= 0.6 is 0 Å². The van der Waals surface area contributed by atoms with Crippen molar-refractivity contribution in [2.24, 2.45) is 0 Å². The van der Waals surface area contributed by atoms with Crippen LogP contribution in [0.5, 0.6) is 0 Å². The maximum Gasteiger partial charge on any atom is 0.306 e. The number of nitrogens with one attached hydrogen (secondary N) is 2. The molecule has 0 spiro atoms. The Hall–Kier alpha value is -3.16. The molecule has 174 valence electrons. The summed E-state index contributed by atoms with van der Waals surface area (Å²) in [5.41, 5.74) is 3.54. The highest BCUT2D eigenvalue weighted by Gasteiger charge is 2.21. The van der Waals surface area contributed by atoms with E-state index in [1.54, 1.807) is 0 Å². The van der Waals surface area contributed by atoms with E-state index in [1.165, 1.54) is 16.5 Å². The lowest BCUT2D eigenvalue weighted by Gasteiger charge is -2.33. The van der Waals surface area contributed by atoms with E-state index in [9.17, 15) is 9.59 Å². The van der Waals surface area contributed by atoms with Gasteiger partial charge in [0.15, 0.2) is 6.61 Å². The Morgan fingerprint density at radius 3 is 2.82 bits per heavy atom. The number of fused-ring (bicyclic) bond motifs is 1. The van der Waals surface area contributed by atoms with Crippen molar-refractivity contribution in [1.29, 1.82) is 0 Å². The minimum absolute atomic E-state index is 0.0710. The van der Waals surface area contributed by atoms with Gasteiger partial charge in [-0.25, -0.2) is 0 Å². The van der Waals surface area contributed by atoms with Crippen molar-refractivity contribution in [2.75, 3.05) is 32.8 Å². The monoisotopic (exact) mass is 449 g/mol. The number of H-pyrrole nitrogens is 1. The lowest BCUT2D eigenvalue weighted by Crippen LogP contribution is -2.47. The van der Waals surface area contributed by atoms with Crippen molar-refractivity contribution >= 4 is 22.8 Å². The van der Waals surface area contributed by atoms with Crippen molar-refractivity contribution in [3.05, 3.63) is 71.9 Å². The number of carbonyl (C=O) groups is 2. The lowest BCUT2D eigenvalue weighted by molar-refractivity contribution is -0.148. The second-order valence-corrected chi connectivity index (χ2v) is 8.39. The van der Waals surface area contributed by atoms with Gasteiger partial charge in [-0.05, 0) is 30.0 Å². The van der Waals surface area contributed by atoms with Crippen LogP contribution in [0.1, 0.15) is 24.0 Å². The molecule has 1 aliphatic rings. The van der Waals surface area contributed by atoms with Crippen molar-refractivity contribution in [2.45, 2.75) is 31.9 Å². The van der Waals surface area contributed by atoms with Crippen LogP contribution < -0.4 is 5.32 Å². The summed E-state index contributed by atoms with van der Waals surface area (Å²) in [4.78, 5) is 29.7. The molecule has 0 radical (unpaired) electrons. The molecule has 0 bridgehead atoms. The van der Waals surface area contributed by atoms with Crippen LogP contribution in [0.2, 0.25) is 0 Å². The minimum atomic E-state index is -0.354. The molecule has 1 atom stereocenters. The third kappa shape index (κ3) is 6.91. The van der Waals surface area contributed by atoms with Gasteiger partial charge in [-0.3, -0.25) is 14.5 Å². The van der Waals surface area contributed by atoms with Gasteiger partial charge in [-0.2, -0.15) is 0 Å². The highest BCUT2D eigenvalue weighted by molar-refractivity contribution is 5.83. The minimum Gasteiger partial charge on any atom is -0.456 e. The van der Waals surface area contributed by atoms with Gasteiger partial charge in [-0.15, -0.1) is 0 Å². The Kier molecular flexibility index (Phi) is 8.11. The Bertz CT molecular complexity index is 1050. The molecule has 2 heterocycles. The first-order valence-corrected chi connectivity index (χ1v) is 11.5. The molecule has 1 saturated heterocycles. The van der Waals surface area contributed by atoms with Crippen molar-refractivity contribution in [1.82, 2.24) is 15.2 Å². The van der Waals surface area contributed by atoms with Gasteiger partial charge in [0, 0.05) is 49.7 Å². The summed E-state index contributed by atoms with van der Waals surface area (Å²) in [5.74, 6) is -0.656. The Morgan fingerprint density at radius 2 is 1.94 bits per heavy atom. The zero-order valence-electron chi connectivity index (χ0n) is 18.8. The molecule has 0 saturated carbocycles. The third-order valence-corrected chi connectivity index (χ3v) is 5.86. The summed E-state index contributed by atoms with van der Waals surface area (Å²) < 4.78 is 10.9. The standard InChI is InChI=1S/C26H31N3O4/c30-25(28-16-22-18-29(13-14-32-22)17-20-7-2-1-3-8-20)19-33-26(31)12-6-9-21-15-27-24-11-5-4-10-23(21)24/h1-5,7-8,10-11,15,22,27H,6,9,12-14,16-19H2,(H,28,30)/t22-/m0/s1. The molecule has 4 rings (SSSR count). The third-order valence-electron chi connectivity index (χ3n) is 5.86. The fraction of sp³-hybridized carbons (Fsp3) is 0.385. The zero-order valence-corrected chi connectivity index (χ0v) is 18.8. The summed E-state index contributed by atoms with van der Waals surface area (Å²) >= 11 is 0. The van der Waals surface area contributed by atoms with Gasteiger partial charge in [0.2, 0.25) is 0 Å². The first-order chi connectivity index (χ1) is 16.2. The quantitative estimate of drug-likeness (QED) is 0.465. The van der Waals surface area contributed by atoms with Crippen LogP contribution in [0, 0.1) is 0 Å². The number of aryl methyl sites for hydroxylation is 1. The van der Waals surface area contributed by atoms with Crippen LogP contribution in [0.4, 0.5) is 0 Å². The van der Waals surface area contributed by atoms with Gasteiger partial charge < -0.3 is 19.8 Å². The molecule has 1 amide bonds. The fourth-order valence-corrected chi connectivity index (χ4v) is 4.15. The van der Waals surface area contributed by atoms with E-state index in [0.29, 0.717) is 19.6 Å². The number of para-hydroxylation sites is 1. The zero-order chi connectivity index (χ0) is 22.9. The van der Waals surface area contributed by atoms with E-state index in [4.69, 9.17) is 9.47 Å². The largest absolute Gasteiger partial charge is 0.456 e. The Morgan fingerprint density at radius 1 is 1.12 bits per heavy atom. The molecule has 1 aliphatic heterocycles. The maximum absolute atomic E-state index is 12.1. The van der Waals surface area contributed by atoms with E-state index in [0.717, 1.165) is 31.6 Å². The van der Waals surface area contributed by atoms with Gasteiger partial charge in [0.25, 0.3) is 5.91 Å². The summed E-state index contributed by atoms with van der Waals surface area (Å²) in [6.07, 6.45) is 3.66. The number of amides is 1. The summed E-state index contributed by atoms with van der Waals surface area (Å²) in [6, 6.07) is 18.4. The predicted molar refractivity (Wildman–Crippen MR) is 127 cm³/mol. The molecule has 2 aromatic carbocycles. The van der Waals surface area contributed by atoms with Crippen LogP contribution in [0.15, 0.2) is 60.8 Å². The number of benzene rings is 2. The number of aromatic nitrogens is 1. The molecule has 33 heavy (non-hydrogen) atoms. The van der Waals surface area contributed by atoms with Crippen molar-refractivity contribution < 1.29 is 19.1 Å². The van der Waals surface area contributed by atoms with E-state index in [-0.39, 0.29) is 31.0 Å². The number of aromatic amines is 1. The number of morpholine rings is 1. The molecule has 1 fully saturated rings. The Balaban J connectivity index is 1.10. The van der Waals surface area contributed by atoms with Crippen LogP contribution in [-0.2, 0) is 32.0 Å². The predicted octanol–water partition coefficient (Wildman–Crippen LogP) is 3.05. The summed E-state index contributed by atoms with van der Waals surface area (Å²) in [5, 5.41) is 4.00. The van der Waals surface area contributed by atoms with Crippen LogP contribution in [0.25, 0.3) is 10.9 Å². The van der Waals surface area contributed by atoms with Gasteiger partial charge in [0.1, 0.15) is 0 Å². The average molecular weight is 450 g/mol. The summed E-state index contributed by atoms with van der Waals surface area (Å²) in [6.45, 7) is 3.27. The molecule has 7 nitrogen and oxygen atoms in total. The molecule has 1 aromatic heterocycles. The molecule has 0 aliphatic carbocycles. The molecule has 2 N–H and O–H groups in total. The van der Waals surface area contributed by atoms with Gasteiger partial charge in [0.05, 0.1) is 12.7 Å². The van der Waals surface area contributed by atoms with Crippen LogP contribution in [-0.4, -0.2) is 60.7 Å². The van der Waals surface area contributed by atoms with E-state index < -0.39 is 0 Å². The normalized spacial score (nSPS) is 16.5. The highest BCUT2D eigenvalue weighted by atomic mass is 16.5. The van der Waals surface area contributed by atoms with E-state index >= 15 is 0 Å². The number of hydrogen-bond donors (Lipinski definition) is 2. The molecule has 7 heteroatoms. The van der Waals surface area contributed by atoms with E-state index in [1.807, 2.05) is 42.6 Å². The SMILES string of the molecule is O=C(COC(=O)CCCc1c[nH]c2ccccc12)NC[C@H]1CN(Cc2ccccc2)CCO1. The second kappa shape index (κ2) is 11.6. The maximum atomic E-state index is 12.1. The number of carbonyl (C=O) groups excluding carboxylic acids is 2. The molecule has 0 unspecified atom stereocenters. The molecule has 3 aromatic rings. The Labute approximate surface area is 194 Å². The van der Waals surface area contributed by atoms with Crippen molar-refractivity contribution in [3.63, 3.8) is 0 Å². The number of esters is 1. The van der Waals surface area contributed by atoms with Crippen molar-refractivity contribution in [3.8, 4) is 0 Å².